The van der Waals surface area contributed by atoms with Gasteiger partial charge in [0.15, 0.2) is 0 Å². The molecule has 0 rings (SSSR count). The Hall–Kier alpha value is 0.139. The molecular weight excluding hydrogens is 367 g/mol. The van der Waals surface area contributed by atoms with Crippen LogP contribution in [0.2, 0.25) is 17.7 Å². The van der Waals surface area contributed by atoms with Crippen molar-refractivity contribution in [3.8, 4) is 0 Å². The summed E-state index contributed by atoms with van der Waals surface area (Å²) in [6.45, 7) is 4.60. The molecule has 0 unspecified atom stereocenters. The van der Waals surface area contributed by atoms with Gasteiger partial charge in [0.25, 0.3) is 0 Å². The fourth-order valence-corrected chi connectivity index (χ4v) is 19.6. The third kappa shape index (κ3) is 11.4. The fourth-order valence-electron chi connectivity index (χ4n) is 3.31. The molecule has 0 spiro atoms. The summed E-state index contributed by atoms with van der Waals surface area (Å²) in [5.74, 6) is 0. The number of carbonyl (C=O) groups is 2. The molecule has 0 aromatic rings. The third-order valence-electron chi connectivity index (χ3n) is 4.68. The summed E-state index contributed by atoms with van der Waals surface area (Å²) in [6.07, 6.45) is 13.8. The van der Waals surface area contributed by atoms with Crippen LogP contribution in [0.4, 0.5) is 0 Å². The first-order valence-electron chi connectivity index (χ1n) is 9.12. The molecule has 21 heavy (non-hydrogen) atoms. The average Bonchev–Trinajstić information content (AvgIpc) is 2.51. The number of aldehydes is 2. The van der Waals surface area contributed by atoms with Gasteiger partial charge in [-0.05, 0) is 0 Å². The van der Waals surface area contributed by atoms with E-state index in [0.29, 0.717) is 0 Å². The van der Waals surface area contributed by atoms with E-state index in [2.05, 4.69) is 13.8 Å². The molecule has 0 atom stereocenters. The Morgan fingerprint density at radius 2 is 1.00 bits per heavy atom. The summed E-state index contributed by atoms with van der Waals surface area (Å²) in [4.78, 5) is 21.0. The minimum atomic E-state index is -2.01. The molecule has 3 heteroatoms. The second kappa shape index (κ2) is 15.1. The maximum absolute atomic E-state index is 10.5. The van der Waals surface area contributed by atoms with E-state index in [9.17, 15) is 9.59 Å². The molecule has 0 bridgehead atoms. The van der Waals surface area contributed by atoms with Crippen molar-refractivity contribution in [2.75, 3.05) is 0 Å². The van der Waals surface area contributed by atoms with E-state index in [0.717, 1.165) is 38.3 Å². The molecule has 0 saturated heterocycles. The molecule has 0 aliphatic carbocycles. The first kappa shape index (κ1) is 21.1. The summed E-state index contributed by atoms with van der Waals surface area (Å²) in [5.41, 5.74) is 0. The molecule has 0 aliphatic rings. The van der Waals surface area contributed by atoms with E-state index in [4.69, 9.17) is 0 Å². The van der Waals surface area contributed by atoms with Gasteiger partial charge in [-0.25, -0.2) is 0 Å². The number of carbonyl (C=O) groups excluding carboxylic acids is 2. The Bertz CT molecular complexity index is 228. The zero-order chi connectivity index (χ0) is 15.8. The summed E-state index contributed by atoms with van der Waals surface area (Å²) < 4.78 is 6.02. The van der Waals surface area contributed by atoms with Crippen LogP contribution in [0.1, 0.15) is 78.1 Å². The SMILES string of the molecule is CCC[CH2][Sn]([CH2]CCC)([CH2]CCCC=O)[CH2]CCCC=O. The molecule has 0 saturated carbocycles. The Morgan fingerprint density at radius 3 is 1.33 bits per heavy atom. The van der Waals surface area contributed by atoms with Crippen LogP contribution in [-0.2, 0) is 9.59 Å². The van der Waals surface area contributed by atoms with Crippen molar-refractivity contribution in [1.29, 1.82) is 0 Å². The van der Waals surface area contributed by atoms with Gasteiger partial charge >= 0.3 is 136 Å². The summed E-state index contributed by atoms with van der Waals surface area (Å²) in [7, 11) is 0. The molecule has 0 amide bonds. The summed E-state index contributed by atoms with van der Waals surface area (Å²) in [5, 5.41) is 0. The van der Waals surface area contributed by atoms with Crippen LogP contribution in [-0.4, -0.2) is 30.9 Å². The van der Waals surface area contributed by atoms with Crippen molar-refractivity contribution in [3.05, 3.63) is 0 Å². The summed E-state index contributed by atoms with van der Waals surface area (Å²) in [6, 6.07) is 0. The maximum atomic E-state index is 10.5. The minimum absolute atomic E-state index is 0.745. The van der Waals surface area contributed by atoms with Gasteiger partial charge in [-0.3, -0.25) is 0 Å². The Balaban J connectivity index is 4.49. The predicted molar refractivity (Wildman–Crippen MR) is 94.6 cm³/mol. The predicted octanol–water partition coefficient (Wildman–Crippen LogP) is 5.77. The Kier molecular flexibility index (Phi) is 15.1. The van der Waals surface area contributed by atoms with Crippen LogP contribution in [0.25, 0.3) is 0 Å². The van der Waals surface area contributed by atoms with Crippen LogP contribution in [0.15, 0.2) is 0 Å². The topological polar surface area (TPSA) is 34.1 Å². The van der Waals surface area contributed by atoms with Gasteiger partial charge < -0.3 is 0 Å². The van der Waals surface area contributed by atoms with Crippen molar-refractivity contribution < 1.29 is 9.59 Å². The molecule has 0 fully saturated rings. The van der Waals surface area contributed by atoms with Crippen LogP contribution >= 0.6 is 0 Å². The fraction of sp³-hybridized carbons (Fsp3) is 0.889. The van der Waals surface area contributed by atoms with Gasteiger partial charge in [0.1, 0.15) is 0 Å². The van der Waals surface area contributed by atoms with Crippen molar-refractivity contribution in [1.82, 2.24) is 0 Å². The van der Waals surface area contributed by atoms with Gasteiger partial charge in [-0.15, -0.1) is 0 Å². The quantitative estimate of drug-likeness (QED) is 0.186. The van der Waals surface area contributed by atoms with E-state index in [1.807, 2.05) is 0 Å². The molecule has 2 nitrogen and oxygen atoms in total. The second-order valence-electron chi connectivity index (χ2n) is 6.53. The molecule has 124 valence electrons. The van der Waals surface area contributed by atoms with Gasteiger partial charge in [-0.1, -0.05) is 0 Å². The Labute approximate surface area is 136 Å². The van der Waals surface area contributed by atoms with E-state index >= 15 is 0 Å². The van der Waals surface area contributed by atoms with Gasteiger partial charge in [-0.2, -0.15) is 0 Å². The van der Waals surface area contributed by atoms with Crippen LogP contribution in [0, 0.1) is 0 Å². The number of rotatable bonds is 16. The summed E-state index contributed by atoms with van der Waals surface area (Å²) >= 11 is -2.01. The van der Waals surface area contributed by atoms with Crippen molar-refractivity contribution in [2.45, 2.75) is 95.8 Å². The first-order valence-corrected chi connectivity index (χ1v) is 17.2. The van der Waals surface area contributed by atoms with Gasteiger partial charge in [0.05, 0.1) is 0 Å². The van der Waals surface area contributed by atoms with E-state index in [1.54, 1.807) is 0 Å². The molecule has 0 aliphatic heterocycles. The molecule has 0 radical (unpaired) electrons. The molecule has 0 heterocycles. The first-order chi connectivity index (χ1) is 10.2. The third-order valence-corrected chi connectivity index (χ3v) is 20.8. The van der Waals surface area contributed by atoms with Crippen LogP contribution in [0.5, 0.6) is 0 Å². The number of hydrogen-bond acceptors (Lipinski definition) is 2. The molecular formula is C18H36O2Sn. The van der Waals surface area contributed by atoms with Gasteiger partial charge in [0, 0.05) is 0 Å². The van der Waals surface area contributed by atoms with E-state index in [1.165, 1.54) is 56.3 Å². The van der Waals surface area contributed by atoms with Crippen LogP contribution in [0.3, 0.4) is 0 Å². The standard InChI is InChI=1S/2C5H9O.2C4H9.Sn/c2*1-2-3-4-5-6;2*1-3-4-2;/h2*5H,1-4H2;2*1,3-4H2,2H3;. The number of hydrogen-bond donors (Lipinski definition) is 0. The second-order valence-corrected chi connectivity index (χ2v) is 20.8. The van der Waals surface area contributed by atoms with E-state index < -0.39 is 18.4 Å². The van der Waals surface area contributed by atoms with E-state index in [-0.39, 0.29) is 0 Å². The van der Waals surface area contributed by atoms with Crippen LogP contribution < -0.4 is 0 Å². The number of unbranched alkanes of at least 4 members (excludes halogenated alkanes) is 6. The van der Waals surface area contributed by atoms with Gasteiger partial charge in [0.2, 0.25) is 0 Å². The van der Waals surface area contributed by atoms with Crippen molar-refractivity contribution in [3.63, 3.8) is 0 Å². The monoisotopic (exact) mass is 404 g/mol. The Morgan fingerprint density at radius 1 is 0.619 bits per heavy atom. The van der Waals surface area contributed by atoms with Crippen molar-refractivity contribution >= 4 is 30.9 Å². The molecule has 0 N–H and O–H groups in total. The molecule has 0 aromatic carbocycles. The average molecular weight is 403 g/mol. The zero-order valence-corrected chi connectivity index (χ0v) is 17.2. The normalized spacial score (nSPS) is 11.5. The van der Waals surface area contributed by atoms with Crippen molar-refractivity contribution in [2.24, 2.45) is 0 Å². The molecule has 0 aromatic heterocycles. The zero-order valence-electron chi connectivity index (χ0n) is 14.4.